The van der Waals surface area contributed by atoms with Gasteiger partial charge in [0.05, 0.1) is 6.10 Å². The van der Waals surface area contributed by atoms with Crippen LogP contribution in [-0.4, -0.2) is 42.6 Å². The second kappa shape index (κ2) is 7.59. The summed E-state index contributed by atoms with van der Waals surface area (Å²) in [5.41, 5.74) is 5.81. The monoisotopic (exact) mass is 296 g/mol. The van der Waals surface area contributed by atoms with E-state index in [4.69, 9.17) is 10.5 Å². The molecule has 0 saturated heterocycles. The fraction of sp³-hybridized carbons (Fsp3) is 0.941. The van der Waals surface area contributed by atoms with Crippen molar-refractivity contribution in [3.8, 4) is 0 Å². The number of ether oxygens (including phenoxy) is 1. The van der Waals surface area contributed by atoms with Gasteiger partial charge in [0.1, 0.15) is 0 Å². The Kier molecular flexibility index (Phi) is 6.06. The van der Waals surface area contributed by atoms with Crippen LogP contribution in [0.15, 0.2) is 0 Å². The molecule has 0 aliphatic heterocycles. The molecule has 4 heteroatoms. The van der Waals surface area contributed by atoms with Gasteiger partial charge in [-0.1, -0.05) is 19.8 Å². The number of hydrogen-bond acceptors (Lipinski definition) is 3. The van der Waals surface area contributed by atoms with Gasteiger partial charge in [-0.25, -0.2) is 0 Å². The number of nitrogens with zero attached hydrogens (tertiary/aromatic N) is 1. The van der Waals surface area contributed by atoms with E-state index in [-0.39, 0.29) is 5.41 Å². The molecular formula is C17H32N2O2. The second-order valence-electron chi connectivity index (χ2n) is 6.62. The fourth-order valence-corrected chi connectivity index (χ4v) is 4.38. The van der Waals surface area contributed by atoms with Crippen LogP contribution in [0.3, 0.4) is 0 Å². The van der Waals surface area contributed by atoms with Gasteiger partial charge in [-0.3, -0.25) is 4.79 Å². The molecule has 0 aromatic carbocycles. The smallest absolute Gasteiger partial charge is 0.222 e. The number of hydrogen-bond donors (Lipinski definition) is 1. The van der Waals surface area contributed by atoms with Crippen LogP contribution >= 0.6 is 0 Å². The Labute approximate surface area is 129 Å². The van der Waals surface area contributed by atoms with Crippen LogP contribution < -0.4 is 5.73 Å². The molecule has 2 saturated carbocycles. The Morgan fingerprint density at radius 1 is 1.33 bits per heavy atom. The lowest BCUT2D eigenvalue weighted by Crippen LogP contribution is -2.65. The molecule has 2 atom stereocenters. The van der Waals surface area contributed by atoms with Crippen molar-refractivity contribution in [1.82, 2.24) is 4.90 Å². The second-order valence-corrected chi connectivity index (χ2v) is 6.62. The SMILES string of the molecule is CCCN(C(=O)CCCN)C1CC(OCC)C12CCCC2. The van der Waals surface area contributed by atoms with Crippen LogP contribution in [0.4, 0.5) is 0 Å². The predicted octanol–water partition coefficient (Wildman–Crippen LogP) is 2.70. The Balaban J connectivity index is 2.07. The molecule has 4 nitrogen and oxygen atoms in total. The molecule has 2 N–H and O–H groups in total. The average Bonchev–Trinajstić information content (AvgIpc) is 2.99. The van der Waals surface area contributed by atoms with Gasteiger partial charge < -0.3 is 15.4 Å². The summed E-state index contributed by atoms with van der Waals surface area (Å²) in [6.45, 7) is 6.50. The summed E-state index contributed by atoms with van der Waals surface area (Å²) in [6, 6.07) is 0.404. The summed E-state index contributed by atoms with van der Waals surface area (Å²) in [4.78, 5) is 14.7. The molecule has 0 aromatic rings. The van der Waals surface area contributed by atoms with Crippen LogP contribution in [0.2, 0.25) is 0 Å². The zero-order valence-electron chi connectivity index (χ0n) is 13.8. The van der Waals surface area contributed by atoms with E-state index in [1.807, 2.05) is 0 Å². The fourth-order valence-electron chi connectivity index (χ4n) is 4.38. The lowest BCUT2D eigenvalue weighted by atomic mass is 9.59. The van der Waals surface area contributed by atoms with E-state index in [0.717, 1.165) is 32.4 Å². The Morgan fingerprint density at radius 2 is 2.05 bits per heavy atom. The van der Waals surface area contributed by atoms with Crippen molar-refractivity contribution in [3.05, 3.63) is 0 Å². The van der Waals surface area contributed by atoms with Gasteiger partial charge in [0, 0.05) is 31.0 Å². The van der Waals surface area contributed by atoms with Crippen molar-refractivity contribution in [2.45, 2.75) is 77.4 Å². The third kappa shape index (κ3) is 3.26. The molecule has 2 aliphatic carbocycles. The van der Waals surface area contributed by atoms with Gasteiger partial charge in [-0.15, -0.1) is 0 Å². The van der Waals surface area contributed by atoms with Crippen molar-refractivity contribution < 1.29 is 9.53 Å². The summed E-state index contributed by atoms with van der Waals surface area (Å²) in [5, 5.41) is 0. The molecule has 0 aromatic heterocycles. The van der Waals surface area contributed by atoms with Crippen molar-refractivity contribution in [2.75, 3.05) is 19.7 Å². The van der Waals surface area contributed by atoms with E-state index < -0.39 is 0 Å². The first-order chi connectivity index (χ1) is 10.2. The summed E-state index contributed by atoms with van der Waals surface area (Å²) < 4.78 is 5.98. The highest BCUT2D eigenvalue weighted by Crippen LogP contribution is 2.56. The number of amides is 1. The Bertz CT molecular complexity index is 340. The molecule has 2 fully saturated rings. The Morgan fingerprint density at radius 3 is 2.62 bits per heavy atom. The topological polar surface area (TPSA) is 55.6 Å². The molecular weight excluding hydrogens is 264 g/mol. The molecule has 2 aliphatic rings. The van der Waals surface area contributed by atoms with Crippen LogP contribution in [-0.2, 0) is 9.53 Å². The zero-order chi connectivity index (χ0) is 15.3. The molecule has 21 heavy (non-hydrogen) atoms. The van der Waals surface area contributed by atoms with Crippen molar-refractivity contribution in [2.24, 2.45) is 11.1 Å². The van der Waals surface area contributed by atoms with Crippen LogP contribution in [0.1, 0.15) is 65.2 Å². The largest absolute Gasteiger partial charge is 0.378 e. The van der Waals surface area contributed by atoms with Crippen molar-refractivity contribution in [3.63, 3.8) is 0 Å². The third-order valence-electron chi connectivity index (χ3n) is 5.40. The highest BCUT2D eigenvalue weighted by atomic mass is 16.5. The maximum absolute atomic E-state index is 12.6. The summed E-state index contributed by atoms with van der Waals surface area (Å²) in [6.07, 6.45) is 8.86. The molecule has 1 amide bonds. The van der Waals surface area contributed by atoms with E-state index in [0.29, 0.717) is 31.0 Å². The number of rotatable bonds is 8. The van der Waals surface area contributed by atoms with Gasteiger partial charge in [0.25, 0.3) is 0 Å². The number of carbonyl (C=O) groups excluding carboxylic acids is 1. The van der Waals surface area contributed by atoms with Gasteiger partial charge in [0.2, 0.25) is 5.91 Å². The minimum Gasteiger partial charge on any atom is -0.378 e. The summed E-state index contributed by atoms with van der Waals surface area (Å²) in [7, 11) is 0. The first-order valence-electron chi connectivity index (χ1n) is 8.80. The third-order valence-corrected chi connectivity index (χ3v) is 5.40. The van der Waals surface area contributed by atoms with E-state index in [9.17, 15) is 4.79 Å². The maximum atomic E-state index is 12.6. The van der Waals surface area contributed by atoms with E-state index in [2.05, 4.69) is 18.7 Å². The van der Waals surface area contributed by atoms with Crippen LogP contribution in [0, 0.1) is 5.41 Å². The van der Waals surface area contributed by atoms with Gasteiger partial charge >= 0.3 is 0 Å². The molecule has 1 spiro atoms. The van der Waals surface area contributed by atoms with Crippen molar-refractivity contribution >= 4 is 5.91 Å². The highest BCUT2D eigenvalue weighted by molar-refractivity contribution is 5.76. The molecule has 2 rings (SSSR count). The van der Waals surface area contributed by atoms with Crippen molar-refractivity contribution in [1.29, 1.82) is 0 Å². The quantitative estimate of drug-likeness (QED) is 0.749. The minimum absolute atomic E-state index is 0.254. The summed E-state index contributed by atoms with van der Waals surface area (Å²) >= 11 is 0. The van der Waals surface area contributed by atoms with Crippen LogP contribution in [0.5, 0.6) is 0 Å². The van der Waals surface area contributed by atoms with E-state index >= 15 is 0 Å². The van der Waals surface area contributed by atoms with Gasteiger partial charge in [-0.2, -0.15) is 0 Å². The molecule has 0 bridgehead atoms. The normalized spacial score (nSPS) is 26.8. The summed E-state index contributed by atoms with van der Waals surface area (Å²) in [5.74, 6) is 0.300. The predicted molar refractivity (Wildman–Crippen MR) is 85.0 cm³/mol. The van der Waals surface area contributed by atoms with Gasteiger partial charge in [-0.05, 0) is 45.6 Å². The lowest BCUT2D eigenvalue weighted by Gasteiger charge is -2.57. The highest BCUT2D eigenvalue weighted by Gasteiger charge is 2.59. The first-order valence-corrected chi connectivity index (χ1v) is 8.80. The zero-order valence-corrected chi connectivity index (χ0v) is 13.8. The molecule has 2 unspecified atom stereocenters. The number of nitrogens with two attached hydrogens (primary N) is 1. The minimum atomic E-state index is 0.254. The lowest BCUT2D eigenvalue weighted by molar-refractivity contribution is -0.176. The maximum Gasteiger partial charge on any atom is 0.222 e. The van der Waals surface area contributed by atoms with Crippen LogP contribution in [0.25, 0.3) is 0 Å². The first kappa shape index (κ1) is 16.8. The van der Waals surface area contributed by atoms with E-state index in [1.165, 1.54) is 25.7 Å². The molecule has 122 valence electrons. The molecule has 0 radical (unpaired) electrons. The Hall–Kier alpha value is -0.610. The average molecular weight is 296 g/mol. The standard InChI is InChI=1S/C17H32N2O2/c1-3-12-19(16(20)8-7-11-18)14-13-15(21-4-2)17(14)9-5-6-10-17/h14-15H,3-13,18H2,1-2H3. The van der Waals surface area contributed by atoms with E-state index in [1.54, 1.807) is 0 Å². The number of carbonyl (C=O) groups is 1. The molecule has 0 heterocycles. The van der Waals surface area contributed by atoms with Gasteiger partial charge in [0.15, 0.2) is 0 Å².